The number of nitrogens with one attached hydrogen (secondary N) is 1. The Morgan fingerprint density at radius 3 is 2.64 bits per heavy atom. The predicted molar refractivity (Wildman–Crippen MR) is 58.5 cm³/mol. The van der Waals surface area contributed by atoms with Crippen molar-refractivity contribution in [3.63, 3.8) is 0 Å². The van der Waals surface area contributed by atoms with Gasteiger partial charge in [-0.1, -0.05) is 25.2 Å². The van der Waals surface area contributed by atoms with E-state index in [1.165, 1.54) is 11.4 Å². The van der Waals surface area contributed by atoms with Crippen molar-refractivity contribution in [2.24, 2.45) is 5.41 Å². The summed E-state index contributed by atoms with van der Waals surface area (Å²) in [6, 6.07) is 0.322. The maximum Gasteiger partial charge on any atom is 0.134 e. The van der Waals surface area contributed by atoms with Crippen LogP contribution in [0.3, 0.4) is 0 Å². The molecule has 1 aliphatic carbocycles. The molecule has 78 valence electrons. The Hall–Kier alpha value is -0.480. The molecular formula is C10H17N3S. The number of rotatable bonds is 3. The molecule has 0 bridgehead atoms. The summed E-state index contributed by atoms with van der Waals surface area (Å²) < 4.78 is 0. The maximum absolute atomic E-state index is 4.27. The molecule has 1 heterocycles. The van der Waals surface area contributed by atoms with E-state index in [2.05, 4.69) is 36.3 Å². The van der Waals surface area contributed by atoms with E-state index in [0.717, 1.165) is 5.01 Å². The molecule has 3 nitrogen and oxygen atoms in total. The van der Waals surface area contributed by atoms with Crippen molar-refractivity contribution in [3.05, 3.63) is 10.0 Å². The van der Waals surface area contributed by atoms with Gasteiger partial charge in [0.15, 0.2) is 0 Å². The minimum absolute atomic E-state index is 0.322. The third kappa shape index (κ3) is 1.68. The molecule has 0 radical (unpaired) electrons. The van der Waals surface area contributed by atoms with Crippen LogP contribution in [0.4, 0.5) is 0 Å². The van der Waals surface area contributed by atoms with Crippen molar-refractivity contribution >= 4 is 11.3 Å². The lowest BCUT2D eigenvalue weighted by atomic mass is 10.1. The Bertz CT molecular complexity index is 332. The maximum atomic E-state index is 4.27. The molecule has 2 unspecified atom stereocenters. The summed E-state index contributed by atoms with van der Waals surface area (Å²) >= 11 is 1.75. The summed E-state index contributed by atoms with van der Waals surface area (Å²) in [5.74, 6) is 0.651. The quantitative estimate of drug-likeness (QED) is 0.834. The lowest BCUT2D eigenvalue weighted by molar-refractivity contribution is 0.616. The molecule has 2 rings (SSSR count). The third-order valence-corrected chi connectivity index (χ3v) is 4.29. The van der Waals surface area contributed by atoms with Crippen LogP contribution in [-0.2, 0) is 0 Å². The Balaban J connectivity index is 2.11. The molecule has 1 saturated carbocycles. The zero-order valence-corrected chi connectivity index (χ0v) is 9.98. The van der Waals surface area contributed by atoms with Gasteiger partial charge in [0.1, 0.15) is 10.0 Å². The number of hydrogen-bond acceptors (Lipinski definition) is 4. The van der Waals surface area contributed by atoms with Crippen molar-refractivity contribution in [2.75, 3.05) is 7.05 Å². The highest BCUT2D eigenvalue weighted by Crippen LogP contribution is 2.59. The van der Waals surface area contributed by atoms with Gasteiger partial charge in [0, 0.05) is 5.92 Å². The predicted octanol–water partition coefficient (Wildman–Crippen LogP) is 2.33. The van der Waals surface area contributed by atoms with E-state index in [9.17, 15) is 0 Å². The first-order valence-corrected chi connectivity index (χ1v) is 5.87. The monoisotopic (exact) mass is 211 g/mol. The lowest BCUT2D eigenvalue weighted by Gasteiger charge is -2.03. The minimum atomic E-state index is 0.322. The summed E-state index contributed by atoms with van der Waals surface area (Å²) in [5, 5.41) is 14.0. The van der Waals surface area contributed by atoms with E-state index >= 15 is 0 Å². The van der Waals surface area contributed by atoms with Gasteiger partial charge in [-0.3, -0.25) is 0 Å². The molecule has 14 heavy (non-hydrogen) atoms. The Morgan fingerprint density at radius 1 is 1.50 bits per heavy atom. The Morgan fingerprint density at radius 2 is 2.14 bits per heavy atom. The Labute approximate surface area is 88.9 Å². The third-order valence-electron chi connectivity index (χ3n) is 3.07. The molecule has 0 aliphatic heterocycles. The minimum Gasteiger partial charge on any atom is -0.311 e. The van der Waals surface area contributed by atoms with Crippen LogP contribution in [-0.4, -0.2) is 17.2 Å². The standard InChI is InChI=1S/C10H17N3S/c1-6(11-4)8-12-13-9(14-8)7-5-10(7,2)3/h6-7,11H,5H2,1-4H3. The van der Waals surface area contributed by atoms with Crippen LogP contribution in [0.15, 0.2) is 0 Å². The lowest BCUT2D eigenvalue weighted by Crippen LogP contribution is -2.11. The summed E-state index contributed by atoms with van der Waals surface area (Å²) in [7, 11) is 1.95. The summed E-state index contributed by atoms with van der Waals surface area (Å²) in [4.78, 5) is 0. The highest BCUT2D eigenvalue weighted by Gasteiger charge is 2.48. The highest BCUT2D eigenvalue weighted by molar-refractivity contribution is 7.11. The van der Waals surface area contributed by atoms with E-state index in [0.29, 0.717) is 17.4 Å². The first-order valence-electron chi connectivity index (χ1n) is 5.05. The Kier molecular flexibility index (Phi) is 2.35. The van der Waals surface area contributed by atoms with E-state index in [-0.39, 0.29) is 0 Å². The van der Waals surface area contributed by atoms with Gasteiger partial charge in [-0.15, -0.1) is 10.2 Å². The SMILES string of the molecule is CNC(C)c1nnc(C2CC2(C)C)s1. The molecule has 0 aromatic carbocycles. The average molecular weight is 211 g/mol. The van der Waals surface area contributed by atoms with Crippen molar-refractivity contribution in [3.8, 4) is 0 Å². The zero-order valence-electron chi connectivity index (χ0n) is 9.16. The number of nitrogens with zero attached hydrogens (tertiary/aromatic N) is 2. The molecule has 1 fully saturated rings. The molecule has 0 amide bonds. The van der Waals surface area contributed by atoms with Crippen LogP contribution in [0.1, 0.15) is 49.2 Å². The zero-order chi connectivity index (χ0) is 10.3. The van der Waals surface area contributed by atoms with Crippen molar-refractivity contribution in [1.29, 1.82) is 0 Å². The normalized spacial score (nSPS) is 26.1. The molecular weight excluding hydrogens is 194 g/mol. The summed E-state index contributed by atoms with van der Waals surface area (Å²) in [6.45, 7) is 6.70. The molecule has 1 aromatic heterocycles. The van der Waals surface area contributed by atoms with Crippen molar-refractivity contribution < 1.29 is 0 Å². The van der Waals surface area contributed by atoms with E-state index in [4.69, 9.17) is 0 Å². The van der Waals surface area contributed by atoms with E-state index in [1.807, 2.05) is 7.05 Å². The van der Waals surface area contributed by atoms with E-state index in [1.54, 1.807) is 11.3 Å². The largest absolute Gasteiger partial charge is 0.311 e. The highest BCUT2D eigenvalue weighted by atomic mass is 32.1. The van der Waals surface area contributed by atoms with Crippen molar-refractivity contribution in [2.45, 2.75) is 39.2 Å². The average Bonchev–Trinajstić information content (AvgIpc) is 2.64. The second-order valence-electron chi connectivity index (χ2n) is 4.73. The molecule has 0 saturated heterocycles. The fourth-order valence-electron chi connectivity index (χ4n) is 1.57. The number of aromatic nitrogens is 2. The van der Waals surface area contributed by atoms with Crippen LogP contribution < -0.4 is 5.32 Å². The van der Waals surface area contributed by atoms with Crippen LogP contribution in [0.5, 0.6) is 0 Å². The smallest absolute Gasteiger partial charge is 0.134 e. The first-order chi connectivity index (χ1) is 6.54. The fourth-order valence-corrected chi connectivity index (χ4v) is 2.79. The summed E-state index contributed by atoms with van der Waals surface area (Å²) in [6.07, 6.45) is 1.26. The second kappa shape index (κ2) is 3.28. The van der Waals surface area contributed by atoms with Crippen LogP contribution >= 0.6 is 11.3 Å². The van der Waals surface area contributed by atoms with Gasteiger partial charge in [-0.2, -0.15) is 0 Å². The molecule has 1 aliphatic rings. The van der Waals surface area contributed by atoms with Gasteiger partial charge in [-0.05, 0) is 25.8 Å². The van der Waals surface area contributed by atoms with Crippen LogP contribution in [0, 0.1) is 5.41 Å². The molecule has 4 heteroatoms. The number of hydrogen-bond donors (Lipinski definition) is 1. The summed E-state index contributed by atoms with van der Waals surface area (Å²) in [5.41, 5.74) is 0.458. The van der Waals surface area contributed by atoms with Gasteiger partial charge < -0.3 is 5.32 Å². The first kappa shape index (κ1) is 10.1. The molecule has 2 atom stereocenters. The van der Waals surface area contributed by atoms with E-state index < -0.39 is 0 Å². The van der Waals surface area contributed by atoms with Gasteiger partial charge in [0.2, 0.25) is 0 Å². The van der Waals surface area contributed by atoms with Crippen molar-refractivity contribution in [1.82, 2.24) is 15.5 Å². The van der Waals surface area contributed by atoms with Crippen LogP contribution in [0.25, 0.3) is 0 Å². The fraction of sp³-hybridized carbons (Fsp3) is 0.800. The topological polar surface area (TPSA) is 37.8 Å². The molecule has 0 spiro atoms. The molecule has 1 N–H and O–H groups in total. The van der Waals surface area contributed by atoms with Gasteiger partial charge in [0.25, 0.3) is 0 Å². The van der Waals surface area contributed by atoms with Crippen LogP contribution in [0.2, 0.25) is 0 Å². The van der Waals surface area contributed by atoms with Gasteiger partial charge in [-0.25, -0.2) is 0 Å². The van der Waals surface area contributed by atoms with Gasteiger partial charge in [0.05, 0.1) is 6.04 Å². The van der Waals surface area contributed by atoms with Gasteiger partial charge >= 0.3 is 0 Å². The molecule has 1 aromatic rings. The second-order valence-corrected chi connectivity index (χ2v) is 5.77.